The van der Waals surface area contributed by atoms with Crippen molar-refractivity contribution in [1.29, 1.82) is 0 Å². The van der Waals surface area contributed by atoms with Gasteiger partial charge in [-0.25, -0.2) is 0 Å². The van der Waals surface area contributed by atoms with Crippen LogP contribution < -0.4 is 5.32 Å². The minimum absolute atomic E-state index is 0.372. The molecule has 4 nitrogen and oxygen atoms in total. The highest BCUT2D eigenvalue weighted by molar-refractivity contribution is 6.46. The summed E-state index contributed by atoms with van der Waals surface area (Å²) < 4.78 is 0. The van der Waals surface area contributed by atoms with E-state index >= 15 is 0 Å². The second-order valence-corrected chi connectivity index (χ2v) is 5.07. The van der Waals surface area contributed by atoms with E-state index in [1.54, 1.807) is 36.5 Å². The fraction of sp³-hybridized carbons (Fsp3) is 0.0556. The molecule has 0 aliphatic carbocycles. The molecule has 0 bridgehead atoms. The largest absolute Gasteiger partial charge is 0.318 e. The zero-order valence-electron chi connectivity index (χ0n) is 12.0. The highest BCUT2D eigenvalue weighted by atomic mass is 16.2. The van der Waals surface area contributed by atoms with Gasteiger partial charge in [0.2, 0.25) is 0 Å². The average Bonchev–Trinajstić information content (AvgIpc) is 2.55. The van der Waals surface area contributed by atoms with E-state index < -0.39 is 11.7 Å². The minimum Gasteiger partial charge on any atom is -0.318 e. The van der Waals surface area contributed by atoms with Crippen LogP contribution in [-0.2, 0) is 4.79 Å². The number of amides is 1. The number of aromatic nitrogens is 1. The number of pyridine rings is 1. The Kier molecular flexibility index (Phi) is 3.66. The first-order valence-corrected chi connectivity index (χ1v) is 6.90. The lowest BCUT2D eigenvalue weighted by molar-refractivity contribution is -0.112. The second-order valence-electron chi connectivity index (χ2n) is 5.07. The molecule has 0 atom stereocenters. The Labute approximate surface area is 127 Å². The van der Waals surface area contributed by atoms with Gasteiger partial charge in [0.25, 0.3) is 11.7 Å². The van der Waals surface area contributed by atoms with Crippen LogP contribution in [0.1, 0.15) is 15.9 Å². The number of hydrogen-bond acceptors (Lipinski definition) is 3. The first-order valence-electron chi connectivity index (χ1n) is 6.90. The molecule has 1 N–H and O–H groups in total. The minimum atomic E-state index is -0.666. The van der Waals surface area contributed by atoms with Crippen LogP contribution in [-0.4, -0.2) is 16.7 Å². The maximum Gasteiger partial charge on any atom is 0.296 e. The van der Waals surface area contributed by atoms with Crippen LogP contribution in [0.3, 0.4) is 0 Å². The highest BCUT2D eigenvalue weighted by Crippen LogP contribution is 2.16. The standard InChI is InChI=1S/C18H14N2O2/c1-12-6-8-13(9-7-12)17(21)18(22)20-15-10-14-4-2-3-5-16(14)19-11-15/h2-11H,1H3,(H,20,22). The van der Waals surface area contributed by atoms with Gasteiger partial charge in [0, 0.05) is 10.9 Å². The van der Waals surface area contributed by atoms with E-state index in [1.807, 2.05) is 31.2 Å². The Morgan fingerprint density at radius 3 is 2.50 bits per heavy atom. The van der Waals surface area contributed by atoms with Crippen molar-refractivity contribution in [2.45, 2.75) is 6.92 Å². The normalized spacial score (nSPS) is 10.4. The van der Waals surface area contributed by atoms with E-state index in [2.05, 4.69) is 10.3 Å². The van der Waals surface area contributed by atoms with Crippen LogP contribution in [0.25, 0.3) is 10.9 Å². The molecule has 108 valence electrons. The van der Waals surface area contributed by atoms with E-state index in [-0.39, 0.29) is 0 Å². The van der Waals surface area contributed by atoms with Gasteiger partial charge in [-0.1, -0.05) is 48.0 Å². The van der Waals surface area contributed by atoms with E-state index in [0.29, 0.717) is 11.3 Å². The molecule has 4 heteroatoms. The molecule has 1 heterocycles. The Balaban J connectivity index is 1.80. The van der Waals surface area contributed by atoms with Crippen LogP contribution in [0.5, 0.6) is 0 Å². The van der Waals surface area contributed by atoms with Crippen LogP contribution in [0, 0.1) is 6.92 Å². The summed E-state index contributed by atoms with van der Waals surface area (Å²) in [7, 11) is 0. The molecule has 0 spiro atoms. The number of anilines is 1. The highest BCUT2D eigenvalue weighted by Gasteiger charge is 2.16. The third-order valence-corrected chi connectivity index (χ3v) is 3.37. The second kappa shape index (κ2) is 5.77. The number of aryl methyl sites for hydroxylation is 1. The Hall–Kier alpha value is -3.01. The summed E-state index contributed by atoms with van der Waals surface area (Å²) in [5.74, 6) is -1.23. The lowest BCUT2D eigenvalue weighted by Gasteiger charge is -2.05. The molecule has 3 aromatic rings. The number of nitrogens with one attached hydrogen (secondary N) is 1. The quantitative estimate of drug-likeness (QED) is 0.594. The van der Waals surface area contributed by atoms with Crippen molar-refractivity contribution in [3.05, 3.63) is 71.9 Å². The van der Waals surface area contributed by atoms with Gasteiger partial charge in [-0.15, -0.1) is 0 Å². The van der Waals surface area contributed by atoms with Crippen molar-refractivity contribution in [2.75, 3.05) is 5.32 Å². The topological polar surface area (TPSA) is 59.1 Å². The predicted octanol–water partition coefficient (Wildman–Crippen LogP) is 3.36. The lowest BCUT2D eigenvalue weighted by atomic mass is 10.1. The fourth-order valence-electron chi connectivity index (χ4n) is 2.16. The molecule has 3 rings (SSSR count). The van der Waals surface area contributed by atoms with Gasteiger partial charge in [0.15, 0.2) is 0 Å². The Morgan fingerprint density at radius 1 is 1.00 bits per heavy atom. The van der Waals surface area contributed by atoms with Crippen LogP contribution in [0.4, 0.5) is 5.69 Å². The summed E-state index contributed by atoms with van der Waals surface area (Å²) >= 11 is 0. The number of rotatable bonds is 3. The number of carbonyl (C=O) groups is 2. The molecule has 0 unspecified atom stereocenters. The van der Waals surface area contributed by atoms with Crippen molar-refractivity contribution in [1.82, 2.24) is 4.98 Å². The number of Topliss-reactive ketones (excluding diaryl/α,β-unsaturated/α-hetero) is 1. The van der Waals surface area contributed by atoms with Crippen molar-refractivity contribution < 1.29 is 9.59 Å². The molecular weight excluding hydrogens is 276 g/mol. The average molecular weight is 290 g/mol. The zero-order valence-corrected chi connectivity index (χ0v) is 12.0. The fourth-order valence-corrected chi connectivity index (χ4v) is 2.16. The third kappa shape index (κ3) is 2.86. The number of hydrogen-bond donors (Lipinski definition) is 1. The summed E-state index contributed by atoms with van der Waals surface area (Å²) in [6.07, 6.45) is 1.54. The van der Waals surface area contributed by atoms with Gasteiger partial charge in [0.05, 0.1) is 17.4 Å². The molecule has 0 aliphatic rings. The predicted molar refractivity (Wildman–Crippen MR) is 85.9 cm³/mol. The Bertz CT molecular complexity index is 854. The summed E-state index contributed by atoms with van der Waals surface area (Å²) in [6, 6.07) is 16.3. The molecule has 0 radical (unpaired) electrons. The summed E-state index contributed by atoms with van der Waals surface area (Å²) in [6.45, 7) is 1.93. The van der Waals surface area contributed by atoms with Gasteiger partial charge in [0.1, 0.15) is 0 Å². The summed E-state index contributed by atoms with van der Waals surface area (Å²) in [5, 5.41) is 3.50. The lowest BCUT2D eigenvalue weighted by Crippen LogP contribution is -2.22. The van der Waals surface area contributed by atoms with Crippen molar-refractivity contribution >= 4 is 28.3 Å². The van der Waals surface area contributed by atoms with Crippen molar-refractivity contribution in [3.63, 3.8) is 0 Å². The van der Waals surface area contributed by atoms with Crippen molar-refractivity contribution in [3.8, 4) is 0 Å². The van der Waals surface area contributed by atoms with Crippen LogP contribution in [0.15, 0.2) is 60.8 Å². The van der Waals surface area contributed by atoms with Gasteiger partial charge in [-0.3, -0.25) is 14.6 Å². The van der Waals surface area contributed by atoms with Gasteiger partial charge >= 0.3 is 0 Å². The maximum atomic E-state index is 12.1. The molecule has 1 aromatic heterocycles. The van der Waals surface area contributed by atoms with Crippen LogP contribution in [0.2, 0.25) is 0 Å². The molecule has 0 saturated carbocycles. The number of nitrogens with zero attached hydrogens (tertiary/aromatic N) is 1. The smallest absolute Gasteiger partial charge is 0.296 e. The zero-order chi connectivity index (χ0) is 15.5. The van der Waals surface area contributed by atoms with E-state index in [0.717, 1.165) is 16.5 Å². The number of benzene rings is 2. The van der Waals surface area contributed by atoms with E-state index in [1.165, 1.54) is 0 Å². The van der Waals surface area contributed by atoms with E-state index in [4.69, 9.17) is 0 Å². The number of para-hydroxylation sites is 1. The molecule has 2 aromatic carbocycles. The molecule has 1 amide bonds. The Morgan fingerprint density at radius 2 is 1.73 bits per heavy atom. The monoisotopic (exact) mass is 290 g/mol. The van der Waals surface area contributed by atoms with E-state index in [9.17, 15) is 9.59 Å². The van der Waals surface area contributed by atoms with Crippen LogP contribution >= 0.6 is 0 Å². The maximum absolute atomic E-state index is 12.1. The molecule has 0 saturated heterocycles. The van der Waals surface area contributed by atoms with Crippen molar-refractivity contribution in [2.24, 2.45) is 0 Å². The van der Waals surface area contributed by atoms with Gasteiger partial charge in [-0.2, -0.15) is 0 Å². The van der Waals surface area contributed by atoms with Gasteiger partial charge in [-0.05, 0) is 19.1 Å². The number of fused-ring (bicyclic) bond motifs is 1. The number of ketones is 1. The van der Waals surface area contributed by atoms with Gasteiger partial charge < -0.3 is 5.32 Å². The SMILES string of the molecule is Cc1ccc(C(=O)C(=O)Nc2cnc3ccccc3c2)cc1. The molecule has 22 heavy (non-hydrogen) atoms. The molecule has 0 fully saturated rings. The molecular formula is C18H14N2O2. The number of carbonyl (C=O) groups excluding carboxylic acids is 2. The first-order chi connectivity index (χ1) is 10.6. The molecule has 0 aliphatic heterocycles. The first kappa shape index (κ1) is 13.9. The summed E-state index contributed by atoms with van der Waals surface area (Å²) in [4.78, 5) is 28.4. The summed E-state index contributed by atoms with van der Waals surface area (Å²) in [5.41, 5.74) is 2.75. The third-order valence-electron chi connectivity index (χ3n) is 3.37.